The van der Waals surface area contributed by atoms with Crippen LogP contribution in [0.15, 0.2) is 95.1 Å². The van der Waals surface area contributed by atoms with E-state index >= 15 is 0 Å². The molecule has 5 nitrogen and oxygen atoms in total. The van der Waals surface area contributed by atoms with Crippen molar-refractivity contribution in [3.63, 3.8) is 0 Å². The lowest BCUT2D eigenvalue weighted by atomic mass is 9.95. The summed E-state index contributed by atoms with van der Waals surface area (Å²) in [6, 6.07) is 5.61. The number of rotatable bonds is 4. The van der Waals surface area contributed by atoms with Crippen LogP contribution in [0, 0.1) is 34.0 Å². The average molecular weight is 368 g/mol. The van der Waals surface area contributed by atoms with Crippen LogP contribution in [-0.4, -0.2) is 17.5 Å². The van der Waals surface area contributed by atoms with Crippen molar-refractivity contribution in [3.8, 4) is 18.2 Å². The molecule has 2 aliphatic heterocycles. The van der Waals surface area contributed by atoms with Crippen molar-refractivity contribution in [1.82, 2.24) is 4.90 Å². The Morgan fingerprint density at radius 3 is 2.36 bits per heavy atom. The molecule has 138 valence electrons. The van der Waals surface area contributed by atoms with Gasteiger partial charge in [-0.05, 0) is 32.1 Å². The number of hydrogen-bond acceptors (Lipinski definition) is 5. The second-order valence-electron chi connectivity index (χ2n) is 6.47. The second-order valence-corrected chi connectivity index (χ2v) is 6.47. The maximum atomic E-state index is 9.47. The lowest BCUT2D eigenvalue weighted by Gasteiger charge is -2.20. The lowest BCUT2D eigenvalue weighted by Crippen LogP contribution is -2.20. The summed E-state index contributed by atoms with van der Waals surface area (Å²) < 4.78 is 5.71. The largest absolute Gasteiger partial charge is 0.480 e. The molecule has 0 atom stereocenters. The molecule has 0 aromatic carbocycles. The van der Waals surface area contributed by atoms with Crippen molar-refractivity contribution < 1.29 is 4.74 Å². The van der Waals surface area contributed by atoms with Crippen LogP contribution >= 0.6 is 0 Å². The van der Waals surface area contributed by atoms with Gasteiger partial charge in [0.25, 0.3) is 0 Å². The zero-order valence-electron chi connectivity index (χ0n) is 16.0. The fourth-order valence-corrected chi connectivity index (χ4v) is 2.69. The standard InChI is InChI=1S/C23H20N4O/c1-23(2)21(20(17-26)22(28-23)18(15-24)16-25)13-8-6-4-5-7-11-19-12-9-10-14-27(19)3/h4-14H,1-3H3/b6-4+,7-5+,13-8+,19-11+. The molecular weight excluding hydrogens is 348 g/mol. The number of likely N-dealkylation sites (N-methyl/N-ethyl adjacent to an activating group) is 1. The van der Waals surface area contributed by atoms with Crippen LogP contribution in [0.25, 0.3) is 0 Å². The predicted octanol–water partition coefficient (Wildman–Crippen LogP) is 4.48. The second kappa shape index (κ2) is 9.08. The van der Waals surface area contributed by atoms with E-state index in [1.807, 2.05) is 66.8 Å². The van der Waals surface area contributed by atoms with Crippen molar-refractivity contribution in [1.29, 1.82) is 15.8 Å². The fourth-order valence-electron chi connectivity index (χ4n) is 2.69. The normalized spacial score (nSPS) is 19.5. The summed E-state index contributed by atoms with van der Waals surface area (Å²) in [7, 11) is 1.98. The first-order chi connectivity index (χ1) is 13.4. The first-order valence-corrected chi connectivity index (χ1v) is 8.62. The minimum absolute atomic E-state index is 0.0476. The van der Waals surface area contributed by atoms with Gasteiger partial charge in [-0.25, -0.2) is 0 Å². The van der Waals surface area contributed by atoms with E-state index in [-0.39, 0.29) is 16.9 Å². The molecule has 0 N–H and O–H groups in total. The molecule has 2 heterocycles. The van der Waals surface area contributed by atoms with Gasteiger partial charge in [0.05, 0.1) is 0 Å². The highest BCUT2D eigenvalue weighted by atomic mass is 16.5. The van der Waals surface area contributed by atoms with E-state index in [1.54, 1.807) is 38.1 Å². The Balaban J connectivity index is 2.16. The van der Waals surface area contributed by atoms with Gasteiger partial charge in [-0.3, -0.25) is 0 Å². The first kappa shape index (κ1) is 20.3. The summed E-state index contributed by atoms with van der Waals surface area (Å²) in [5.41, 5.74) is 0.935. The SMILES string of the molecule is CN1C=CC=C\C1=C/C=C/C=C/C=C/C1=C(C#N)C(=C(C#N)C#N)OC1(C)C. The maximum Gasteiger partial charge on any atom is 0.172 e. The topological polar surface area (TPSA) is 83.8 Å². The Hall–Kier alpha value is -4.01. The zero-order valence-corrected chi connectivity index (χ0v) is 16.0. The minimum atomic E-state index is -0.796. The van der Waals surface area contributed by atoms with Gasteiger partial charge in [-0.1, -0.05) is 42.5 Å². The average Bonchev–Trinajstić information content (AvgIpc) is 2.93. The van der Waals surface area contributed by atoms with Gasteiger partial charge in [0.1, 0.15) is 29.4 Å². The highest BCUT2D eigenvalue weighted by Gasteiger charge is 2.38. The van der Waals surface area contributed by atoms with E-state index in [0.717, 1.165) is 5.70 Å². The molecule has 0 fully saturated rings. The number of ether oxygens (including phenoxy) is 1. The Bertz CT molecular complexity index is 990. The third-order valence-electron chi connectivity index (χ3n) is 4.13. The highest BCUT2D eigenvalue weighted by Crippen LogP contribution is 2.40. The van der Waals surface area contributed by atoms with E-state index in [4.69, 9.17) is 15.3 Å². The molecule has 0 radical (unpaired) electrons. The predicted molar refractivity (Wildman–Crippen MR) is 108 cm³/mol. The van der Waals surface area contributed by atoms with Gasteiger partial charge >= 0.3 is 0 Å². The Morgan fingerprint density at radius 2 is 1.71 bits per heavy atom. The fraction of sp³-hybridized carbons (Fsp3) is 0.174. The molecule has 0 unspecified atom stereocenters. The van der Waals surface area contributed by atoms with E-state index < -0.39 is 5.60 Å². The summed E-state index contributed by atoms with van der Waals surface area (Å²) in [6.07, 6.45) is 21.1. The van der Waals surface area contributed by atoms with E-state index in [9.17, 15) is 5.26 Å². The molecule has 0 saturated carbocycles. The third-order valence-corrected chi connectivity index (χ3v) is 4.13. The molecular formula is C23H20N4O. The van der Waals surface area contributed by atoms with Crippen LogP contribution in [-0.2, 0) is 4.74 Å². The Labute approximate surface area is 165 Å². The monoisotopic (exact) mass is 368 g/mol. The summed E-state index contributed by atoms with van der Waals surface area (Å²) in [5, 5.41) is 27.6. The van der Waals surface area contributed by atoms with Gasteiger partial charge in [0.2, 0.25) is 0 Å². The minimum Gasteiger partial charge on any atom is -0.480 e. The molecule has 0 bridgehead atoms. The number of nitrogens with zero attached hydrogens (tertiary/aromatic N) is 4. The third kappa shape index (κ3) is 4.58. The van der Waals surface area contributed by atoms with E-state index in [0.29, 0.717) is 5.57 Å². The molecule has 5 heteroatoms. The van der Waals surface area contributed by atoms with Crippen molar-refractivity contribution in [2.75, 3.05) is 7.05 Å². The van der Waals surface area contributed by atoms with Crippen LogP contribution < -0.4 is 0 Å². The molecule has 0 aromatic rings. The first-order valence-electron chi connectivity index (χ1n) is 8.62. The molecule has 2 aliphatic rings. The zero-order chi connectivity index (χ0) is 20.6. The molecule has 0 amide bonds. The van der Waals surface area contributed by atoms with Gasteiger partial charge in [-0.2, -0.15) is 15.8 Å². The van der Waals surface area contributed by atoms with Gasteiger partial charge in [-0.15, -0.1) is 0 Å². The van der Waals surface area contributed by atoms with Crippen LogP contribution in [0.3, 0.4) is 0 Å². The molecule has 0 aromatic heterocycles. The quantitative estimate of drug-likeness (QED) is 0.539. The Morgan fingerprint density at radius 1 is 1.04 bits per heavy atom. The van der Waals surface area contributed by atoms with Crippen molar-refractivity contribution in [2.24, 2.45) is 0 Å². The van der Waals surface area contributed by atoms with Crippen LogP contribution in [0.2, 0.25) is 0 Å². The van der Waals surface area contributed by atoms with Gasteiger partial charge in [0, 0.05) is 24.5 Å². The molecule has 0 aliphatic carbocycles. The summed E-state index contributed by atoms with van der Waals surface area (Å²) >= 11 is 0. The number of nitriles is 3. The number of hydrogen-bond donors (Lipinski definition) is 0. The van der Waals surface area contributed by atoms with Gasteiger partial charge < -0.3 is 9.64 Å². The molecule has 2 rings (SSSR count). The summed E-state index contributed by atoms with van der Waals surface area (Å²) in [5.74, 6) is 0.0476. The highest BCUT2D eigenvalue weighted by molar-refractivity contribution is 5.60. The van der Waals surface area contributed by atoms with Crippen molar-refractivity contribution in [3.05, 3.63) is 95.1 Å². The van der Waals surface area contributed by atoms with Crippen molar-refractivity contribution in [2.45, 2.75) is 19.4 Å². The lowest BCUT2D eigenvalue weighted by molar-refractivity contribution is 0.0954. The van der Waals surface area contributed by atoms with Gasteiger partial charge in [0.15, 0.2) is 11.3 Å². The van der Waals surface area contributed by atoms with Crippen LogP contribution in [0.5, 0.6) is 0 Å². The van der Waals surface area contributed by atoms with E-state index in [1.165, 1.54) is 0 Å². The Kier molecular flexibility index (Phi) is 6.58. The smallest absolute Gasteiger partial charge is 0.172 e. The van der Waals surface area contributed by atoms with Crippen LogP contribution in [0.1, 0.15) is 13.8 Å². The maximum absolute atomic E-state index is 9.47. The molecule has 0 spiro atoms. The van der Waals surface area contributed by atoms with Crippen molar-refractivity contribution >= 4 is 0 Å². The summed E-state index contributed by atoms with van der Waals surface area (Å²) in [6.45, 7) is 3.59. The molecule has 28 heavy (non-hydrogen) atoms. The molecule has 0 saturated heterocycles. The summed E-state index contributed by atoms with van der Waals surface area (Å²) in [4.78, 5) is 2.02. The van der Waals surface area contributed by atoms with Crippen LogP contribution in [0.4, 0.5) is 0 Å². The van der Waals surface area contributed by atoms with E-state index in [2.05, 4.69) is 6.07 Å². The number of allylic oxidation sites excluding steroid dienone is 11.